The van der Waals surface area contributed by atoms with E-state index in [-0.39, 0.29) is 5.56 Å². The molecule has 82 valence electrons. The highest BCUT2D eigenvalue weighted by molar-refractivity contribution is 6.42. The quantitative estimate of drug-likeness (QED) is 0.597. The van der Waals surface area contributed by atoms with E-state index >= 15 is 0 Å². The maximum absolute atomic E-state index is 11.5. The van der Waals surface area contributed by atoms with Gasteiger partial charge in [0.25, 0.3) is 5.78 Å². The van der Waals surface area contributed by atoms with E-state index in [2.05, 4.69) is 4.98 Å². The molecule has 0 spiro atoms. The average Bonchev–Trinajstić information content (AvgIpc) is 2.55. The number of ketones is 1. The average molecular weight is 217 g/mol. The minimum atomic E-state index is -1.43. The number of aromatic amines is 1. The maximum Gasteiger partial charge on any atom is 0.377 e. The Morgan fingerprint density at radius 1 is 1.25 bits per heavy atom. The number of carboxylic acids is 1. The Labute approximate surface area is 91.9 Å². The third kappa shape index (κ3) is 1.39. The molecule has 0 atom stereocenters. The molecule has 0 radical (unpaired) electrons. The molecule has 16 heavy (non-hydrogen) atoms. The summed E-state index contributed by atoms with van der Waals surface area (Å²) in [4.78, 5) is 25.3. The highest BCUT2D eigenvalue weighted by Crippen LogP contribution is 2.24. The summed E-state index contributed by atoms with van der Waals surface area (Å²) in [5.74, 6) is -2.29. The minimum Gasteiger partial charge on any atom is -0.475 e. The zero-order chi connectivity index (χ0) is 11.9. The molecule has 0 aliphatic rings. The zero-order valence-corrected chi connectivity index (χ0v) is 9.00. The van der Waals surface area contributed by atoms with Gasteiger partial charge in [-0.1, -0.05) is 18.2 Å². The highest BCUT2D eigenvalue weighted by Gasteiger charge is 2.22. The van der Waals surface area contributed by atoms with Crippen LogP contribution in [0.3, 0.4) is 0 Å². The van der Waals surface area contributed by atoms with Gasteiger partial charge in [-0.05, 0) is 19.4 Å². The summed E-state index contributed by atoms with van der Waals surface area (Å²) in [5, 5.41) is 9.41. The summed E-state index contributed by atoms with van der Waals surface area (Å²) in [6.07, 6.45) is 0. The number of fused-ring (bicyclic) bond motifs is 1. The van der Waals surface area contributed by atoms with Crippen molar-refractivity contribution in [1.29, 1.82) is 0 Å². The summed E-state index contributed by atoms with van der Waals surface area (Å²) >= 11 is 0. The number of rotatable bonds is 2. The highest BCUT2D eigenvalue weighted by atomic mass is 16.4. The molecule has 0 amide bonds. The summed E-state index contributed by atoms with van der Waals surface area (Å²) in [6.45, 7) is 3.61. The number of Topliss-reactive ketones (excluding diaryl/α,β-unsaturated/α-hetero) is 1. The van der Waals surface area contributed by atoms with Gasteiger partial charge in [-0.25, -0.2) is 4.79 Å². The van der Waals surface area contributed by atoms with Crippen LogP contribution >= 0.6 is 0 Å². The van der Waals surface area contributed by atoms with Gasteiger partial charge in [0, 0.05) is 16.6 Å². The topological polar surface area (TPSA) is 70.2 Å². The fourth-order valence-corrected chi connectivity index (χ4v) is 1.89. The standard InChI is InChI=1S/C12H11NO3/c1-6-4-3-5-8-9(11(14)12(15)16)7(2)13-10(6)8/h3-5,13H,1-2H3,(H,15,16). The summed E-state index contributed by atoms with van der Waals surface area (Å²) in [6, 6.07) is 5.47. The Morgan fingerprint density at radius 3 is 2.56 bits per heavy atom. The monoisotopic (exact) mass is 217 g/mol. The van der Waals surface area contributed by atoms with Crippen LogP contribution in [0.25, 0.3) is 10.9 Å². The lowest BCUT2D eigenvalue weighted by atomic mass is 10.1. The lowest BCUT2D eigenvalue weighted by molar-refractivity contribution is -0.131. The molecule has 0 bridgehead atoms. The van der Waals surface area contributed by atoms with Crippen LogP contribution in [0.2, 0.25) is 0 Å². The van der Waals surface area contributed by atoms with Gasteiger partial charge in [0.15, 0.2) is 0 Å². The summed E-state index contributed by atoms with van der Waals surface area (Å²) in [5.41, 5.74) is 2.66. The second-order valence-electron chi connectivity index (χ2n) is 3.76. The number of nitrogens with one attached hydrogen (secondary N) is 1. The molecule has 0 aliphatic carbocycles. The molecule has 2 N–H and O–H groups in total. The van der Waals surface area contributed by atoms with Crippen LogP contribution in [-0.2, 0) is 4.79 Å². The predicted molar refractivity (Wildman–Crippen MR) is 59.7 cm³/mol. The molecule has 1 heterocycles. The Kier molecular flexibility index (Phi) is 2.27. The van der Waals surface area contributed by atoms with Gasteiger partial charge in [-0.2, -0.15) is 0 Å². The van der Waals surface area contributed by atoms with Gasteiger partial charge in [-0.3, -0.25) is 4.79 Å². The van der Waals surface area contributed by atoms with E-state index in [1.165, 1.54) is 0 Å². The molecule has 1 aromatic heterocycles. The van der Waals surface area contributed by atoms with Crippen molar-refractivity contribution in [1.82, 2.24) is 4.98 Å². The van der Waals surface area contributed by atoms with Crippen LogP contribution < -0.4 is 0 Å². The summed E-state index contributed by atoms with van der Waals surface area (Å²) in [7, 11) is 0. The van der Waals surface area contributed by atoms with Gasteiger partial charge in [0.05, 0.1) is 5.56 Å². The molecule has 1 aromatic carbocycles. The van der Waals surface area contributed by atoms with Crippen LogP contribution in [-0.4, -0.2) is 21.8 Å². The molecule has 0 saturated heterocycles. The third-order valence-corrected chi connectivity index (χ3v) is 2.65. The van der Waals surface area contributed by atoms with E-state index in [1.807, 2.05) is 19.1 Å². The number of aryl methyl sites for hydroxylation is 2. The number of H-pyrrole nitrogens is 1. The van der Waals surface area contributed by atoms with E-state index in [9.17, 15) is 9.59 Å². The molecular formula is C12H11NO3. The smallest absolute Gasteiger partial charge is 0.377 e. The lowest BCUT2D eigenvalue weighted by Crippen LogP contribution is -2.13. The van der Waals surface area contributed by atoms with Crippen LogP contribution in [0.5, 0.6) is 0 Å². The Balaban J connectivity index is 2.80. The van der Waals surface area contributed by atoms with Crippen LogP contribution in [0.15, 0.2) is 18.2 Å². The van der Waals surface area contributed by atoms with Crippen molar-refractivity contribution in [3.8, 4) is 0 Å². The molecule has 4 heteroatoms. The molecular weight excluding hydrogens is 206 g/mol. The number of carbonyl (C=O) groups excluding carboxylic acids is 1. The van der Waals surface area contributed by atoms with E-state index in [4.69, 9.17) is 5.11 Å². The minimum absolute atomic E-state index is 0.256. The van der Waals surface area contributed by atoms with Gasteiger partial charge in [0.2, 0.25) is 0 Å². The number of hydrogen-bond donors (Lipinski definition) is 2. The van der Waals surface area contributed by atoms with E-state index in [1.54, 1.807) is 13.0 Å². The maximum atomic E-state index is 11.5. The number of para-hydroxylation sites is 1. The number of carbonyl (C=O) groups is 2. The van der Waals surface area contributed by atoms with Crippen molar-refractivity contribution in [3.05, 3.63) is 35.0 Å². The first-order valence-electron chi connectivity index (χ1n) is 4.88. The Bertz CT molecular complexity index is 596. The Hall–Kier alpha value is -2.10. The number of hydrogen-bond acceptors (Lipinski definition) is 2. The first-order valence-corrected chi connectivity index (χ1v) is 4.88. The third-order valence-electron chi connectivity index (χ3n) is 2.65. The molecule has 0 aliphatic heterocycles. The SMILES string of the molecule is Cc1[nH]c2c(C)cccc2c1C(=O)C(=O)O. The van der Waals surface area contributed by atoms with Gasteiger partial charge < -0.3 is 10.1 Å². The fraction of sp³-hybridized carbons (Fsp3) is 0.167. The fourth-order valence-electron chi connectivity index (χ4n) is 1.89. The van der Waals surface area contributed by atoms with Gasteiger partial charge in [0.1, 0.15) is 0 Å². The van der Waals surface area contributed by atoms with Crippen molar-refractivity contribution in [3.63, 3.8) is 0 Å². The largest absolute Gasteiger partial charge is 0.475 e. The van der Waals surface area contributed by atoms with Crippen molar-refractivity contribution in [2.24, 2.45) is 0 Å². The van der Waals surface area contributed by atoms with Crippen LogP contribution in [0.1, 0.15) is 21.6 Å². The number of aromatic nitrogens is 1. The first kappa shape index (κ1) is 10.4. The first-order chi connectivity index (χ1) is 7.52. The summed E-state index contributed by atoms with van der Waals surface area (Å²) < 4.78 is 0. The predicted octanol–water partition coefficient (Wildman–Crippen LogP) is 2.05. The van der Waals surface area contributed by atoms with E-state index in [0.717, 1.165) is 11.1 Å². The van der Waals surface area contributed by atoms with E-state index < -0.39 is 11.8 Å². The van der Waals surface area contributed by atoms with Crippen molar-refractivity contribution in [2.45, 2.75) is 13.8 Å². The van der Waals surface area contributed by atoms with Crippen LogP contribution in [0, 0.1) is 13.8 Å². The number of aliphatic carboxylic acids is 1. The normalized spacial score (nSPS) is 10.6. The molecule has 0 unspecified atom stereocenters. The second-order valence-corrected chi connectivity index (χ2v) is 3.76. The van der Waals surface area contributed by atoms with Crippen molar-refractivity contribution >= 4 is 22.7 Å². The molecule has 0 saturated carbocycles. The van der Waals surface area contributed by atoms with Crippen molar-refractivity contribution in [2.75, 3.05) is 0 Å². The van der Waals surface area contributed by atoms with E-state index in [0.29, 0.717) is 11.1 Å². The molecule has 2 rings (SSSR count). The zero-order valence-electron chi connectivity index (χ0n) is 9.00. The molecule has 0 fully saturated rings. The van der Waals surface area contributed by atoms with Crippen molar-refractivity contribution < 1.29 is 14.7 Å². The van der Waals surface area contributed by atoms with Gasteiger partial charge >= 0.3 is 5.97 Å². The van der Waals surface area contributed by atoms with Gasteiger partial charge in [-0.15, -0.1) is 0 Å². The number of carboxylic acid groups (broad SMARTS) is 1. The molecule has 4 nitrogen and oxygen atoms in total. The van der Waals surface area contributed by atoms with Crippen LogP contribution in [0.4, 0.5) is 0 Å². The number of benzene rings is 1. The lowest BCUT2D eigenvalue weighted by Gasteiger charge is -1.96. The molecule has 2 aromatic rings. The Morgan fingerprint density at radius 2 is 1.94 bits per heavy atom. The second kappa shape index (κ2) is 3.48.